The van der Waals surface area contributed by atoms with Crippen LogP contribution >= 0.6 is 0 Å². The summed E-state index contributed by atoms with van der Waals surface area (Å²) in [6.45, 7) is 0. The minimum Gasteiger partial charge on any atom is -0.313 e. The lowest BCUT2D eigenvalue weighted by Gasteiger charge is -2.16. The summed E-state index contributed by atoms with van der Waals surface area (Å²) in [5.41, 5.74) is 5.74. The average molecular weight is 297 g/mol. The number of nitrogens with zero attached hydrogens (tertiary/aromatic N) is 1. The van der Waals surface area contributed by atoms with Crippen molar-refractivity contribution in [3.8, 4) is 5.69 Å². The highest BCUT2D eigenvalue weighted by molar-refractivity contribution is 5.90. The molecule has 0 amide bonds. The van der Waals surface area contributed by atoms with Crippen LogP contribution in [0.25, 0.3) is 27.4 Å². The Morgan fingerprint density at radius 1 is 0.696 bits per heavy atom. The minimum atomic E-state index is 1.19. The van der Waals surface area contributed by atoms with Gasteiger partial charge < -0.3 is 4.57 Å². The van der Waals surface area contributed by atoms with E-state index in [1.807, 2.05) is 0 Å². The maximum Gasteiger partial charge on any atom is 0.0534 e. The van der Waals surface area contributed by atoms with Gasteiger partial charge in [0.2, 0.25) is 0 Å². The molecule has 3 aromatic carbocycles. The zero-order chi connectivity index (χ0) is 15.2. The summed E-state index contributed by atoms with van der Waals surface area (Å²) >= 11 is 0. The summed E-state index contributed by atoms with van der Waals surface area (Å²) in [5.74, 6) is 0. The number of hydrogen-bond donors (Lipinski definition) is 0. The van der Waals surface area contributed by atoms with Crippen LogP contribution in [0.1, 0.15) is 24.1 Å². The molecule has 0 saturated heterocycles. The molecular weight excluding hydrogens is 278 g/mol. The van der Waals surface area contributed by atoms with Crippen LogP contribution in [-0.4, -0.2) is 4.57 Å². The van der Waals surface area contributed by atoms with E-state index in [1.54, 1.807) is 5.56 Å². The quantitative estimate of drug-likeness (QED) is 0.427. The molecule has 1 heteroatoms. The number of fused-ring (bicyclic) bond motifs is 4. The molecule has 0 unspecified atom stereocenters. The SMILES string of the molecule is c1ccc2cc(-n3c4c(c5ccccc53)CCCC4)ccc2c1. The van der Waals surface area contributed by atoms with E-state index in [2.05, 4.69) is 71.3 Å². The number of benzene rings is 3. The Morgan fingerprint density at radius 2 is 1.48 bits per heavy atom. The number of aromatic nitrogens is 1. The predicted molar refractivity (Wildman–Crippen MR) is 97.4 cm³/mol. The van der Waals surface area contributed by atoms with Gasteiger partial charge in [0.25, 0.3) is 0 Å². The molecule has 112 valence electrons. The van der Waals surface area contributed by atoms with Crippen LogP contribution in [0.2, 0.25) is 0 Å². The van der Waals surface area contributed by atoms with Gasteiger partial charge in [0.15, 0.2) is 0 Å². The van der Waals surface area contributed by atoms with E-state index in [1.165, 1.54) is 58.7 Å². The molecule has 0 saturated carbocycles. The Balaban J connectivity index is 1.84. The molecule has 1 aliphatic rings. The second-order valence-electron chi connectivity index (χ2n) is 6.52. The van der Waals surface area contributed by atoms with E-state index in [4.69, 9.17) is 0 Å². The molecule has 1 nitrogen and oxygen atoms in total. The van der Waals surface area contributed by atoms with Gasteiger partial charge in [-0.2, -0.15) is 0 Å². The molecule has 23 heavy (non-hydrogen) atoms. The minimum absolute atomic E-state index is 1.19. The zero-order valence-electron chi connectivity index (χ0n) is 13.1. The normalized spacial score (nSPS) is 14.3. The van der Waals surface area contributed by atoms with Gasteiger partial charge in [-0.1, -0.05) is 48.5 Å². The van der Waals surface area contributed by atoms with Gasteiger partial charge in [0, 0.05) is 16.8 Å². The van der Waals surface area contributed by atoms with E-state index in [-0.39, 0.29) is 0 Å². The molecule has 5 rings (SSSR count). The first-order valence-corrected chi connectivity index (χ1v) is 8.52. The largest absolute Gasteiger partial charge is 0.313 e. The predicted octanol–water partition coefficient (Wildman–Crippen LogP) is 5.66. The third-order valence-corrected chi connectivity index (χ3v) is 5.17. The van der Waals surface area contributed by atoms with Gasteiger partial charge in [-0.15, -0.1) is 0 Å². The molecule has 0 atom stereocenters. The standard InChI is InChI=1S/C22H19N/c1-2-8-17-15-18(14-13-16(17)7-1)23-21-11-5-3-9-19(21)20-10-4-6-12-22(20)23/h1-3,5,7-9,11,13-15H,4,6,10,12H2. The number of aryl methyl sites for hydroxylation is 1. The molecule has 0 bridgehead atoms. The summed E-state index contributed by atoms with van der Waals surface area (Å²) in [6.07, 6.45) is 5.03. The van der Waals surface area contributed by atoms with E-state index in [0.29, 0.717) is 0 Å². The lowest BCUT2D eigenvalue weighted by atomic mass is 9.95. The summed E-state index contributed by atoms with van der Waals surface area (Å²) in [4.78, 5) is 0. The van der Waals surface area contributed by atoms with Crippen molar-refractivity contribution in [1.29, 1.82) is 0 Å². The fourth-order valence-corrected chi connectivity index (χ4v) is 4.11. The van der Waals surface area contributed by atoms with Crippen molar-refractivity contribution in [3.05, 3.63) is 78.0 Å². The summed E-state index contributed by atoms with van der Waals surface area (Å²) in [5, 5.41) is 4.06. The first kappa shape index (κ1) is 13.0. The number of rotatable bonds is 1. The van der Waals surface area contributed by atoms with Crippen molar-refractivity contribution in [3.63, 3.8) is 0 Å². The maximum atomic E-state index is 2.50. The second-order valence-corrected chi connectivity index (χ2v) is 6.52. The fourth-order valence-electron chi connectivity index (χ4n) is 4.11. The van der Waals surface area contributed by atoms with Crippen molar-refractivity contribution in [2.24, 2.45) is 0 Å². The van der Waals surface area contributed by atoms with Gasteiger partial charge in [-0.05, 0) is 60.2 Å². The molecule has 0 radical (unpaired) electrons. The van der Waals surface area contributed by atoms with Crippen molar-refractivity contribution >= 4 is 21.7 Å². The molecule has 0 spiro atoms. The van der Waals surface area contributed by atoms with Gasteiger partial charge in [-0.25, -0.2) is 0 Å². The summed E-state index contributed by atoms with van der Waals surface area (Å²) < 4.78 is 2.50. The van der Waals surface area contributed by atoms with Crippen molar-refractivity contribution in [2.75, 3.05) is 0 Å². The van der Waals surface area contributed by atoms with Crippen LogP contribution < -0.4 is 0 Å². The van der Waals surface area contributed by atoms with Crippen LogP contribution in [0.5, 0.6) is 0 Å². The van der Waals surface area contributed by atoms with Crippen molar-refractivity contribution in [2.45, 2.75) is 25.7 Å². The maximum absolute atomic E-state index is 2.50. The first-order chi connectivity index (χ1) is 11.4. The van der Waals surface area contributed by atoms with E-state index in [9.17, 15) is 0 Å². The lowest BCUT2D eigenvalue weighted by molar-refractivity contribution is 0.667. The average Bonchev–Trinajstić information content (AvgIpc) is 2.96. The third kappa shape index (κ3) is 1.93. The van der Waals surface area contributed by atoms with Crippen LogP contribution in [-0.2, 0) is 12.8 Å². The second kappa shape index (κ2) is 4.99. The van der Waals surface area contributed by atoms with Gasteiger partial charge >= 0.3 is 0 Å². The Hall–Kier alpha value is -2.54. The highest BCUT2D eigenvalue weighted by Gasteiger charge is 2.20. The number of para-hydroxylation sites is 1. The number of hydrogen-bond acceptors (Lipinski definition) is 0. The van der Waals surface area contributed by atoms with Crippen LogP contribution in [0.15, 0.2) is 66.7 Å². The molecule has 1 heterocycles. The first-order valence-electron chi connectivity index (χ1n) is 8.52. The highest BCUT2D eigenvalue weighted by atomic mass is 15.0. The van der Waals surface area contributed by atoms with E-state index < -0.39 is 0 Å². The van der Waals surface area contributed by atoms with E-state index in [0.717, 1.165) is 0 Å². The van der Waals surface area contributed by atoms with Crippen molar-refractivity contribution in [1.82, 2.24) is 4.57 Å². The molecule has 0 fully saturated rings. The molecular formula is C22H19N. The molecule has 4 aromatic rings. The molecule has 1 aliphatic carbocycles. The zero-order valence-corrected chi connectivity index (χ0v) is 13.1. The van der Waals surface area contributed by atoms with Crippen LogP contribution in [0.4, 0.5) is 0 Å². The van der Waals surface area contributed by atoms with Gasteiger partial charge in [0.1, 0.15) is 0 Å². The highest BCUT2D eigenvalue weighted by Crippen LogP contribution is 2.35. The monoisotopic (exact) mass is 297 g/mol. The third-order valence-electron chi connectivity index (χ3n) is 5.17. The smallest absolute Gasteiger partial charge is 0.0534 e. The van der Waals surface area contributed by atoms with Gasteiger partial charge in [-0.3, -0.25) is 0 Å². The topological polar surface area (TPSA) is 4.93 Å². The molecule has 0 aliphatic heterocycles. The van der Waals surface area contributed by atoms with E-state index >= 15 is 0 Å². The lowest BCUT2D eigenvalue weighted by Crippen LogP contribution is -2.06. The Labute approximate surface area is 136 Å². The summed E-state index contributed by atoms with van der Waals surface area (Å²) in [7, 11) is 0. The summed E-state index contributed by atoms with van der Waals surface area (Å²) in [6, 6.07) is 24.3. The van der Waals surface area contributed by atoms with Crippen LogP contribution in [0.3, 0.4) is 0 Å². The van der Waals surface area contributed by atoms with Crippen molar-refractivity contribution < 1.29 is 0 Å². The molecule has 1 aromatic heterocycles. The van der Waals surface area contributed by atoms with Crippen LogP contribution in [0, 0.1) is 0 Å². The fraction of sp³-hybridized carbons (Fsp3) is 0.182. The Morgan fingerprint density at radius 3 is 2.43 bits per heavy atom. The molecule has 0 N–H and O–H groups in total. The Kier molecular flexibility index (Phi) is 2.81. The van der Waals surface area contributed by atoms with Gasteiger partial charge in [0.05, 0.1) is 5.52 Å². The Bertz CT molecular complexity index is 1020.